The van der Waals surface area contributed by atoms with Crippen LogP contribution in [0, 0.1) is 0 Å². The normalized spacial score (nSPS) is 11.5. The molecule has 0 radical (unpaired) electrons. The van der Waals surface area contributed by atoms with Crippen molar-refractivity contribution in [3.63, 3.8) is 0 Å². The Kier molecular flexibility index (Phi) is 5.25. The predicted octanol–water partition coefficient (Wildman–Crippen LogP) is 3.94. The van der Waals surface area contributed by atoms with Gasteiger partial charge < -0.3 is 15.8 Å². The van der Waals surface area contributed by atoms with Crippen LogP contribution in [0.25, 0.3) is 0 Å². The molecule has 0 saturated carbocycles. The minimum atomic E-state index is 0.0932. The van der Waals surface area contributed by atoms with Gasteiger partial charge in [-0.2, -0.15) is 0 Å². The van der Waals surface area contributed by atoms with Crippen LogP contribution in [-0.2, 0) is 6.54 Å². The van der Waals surface area contributed by atoms with Crippen molar-refractivity contribution in [1.82, 2.24) is 0 Å². The molecule has 4 nitrogen and oxygen atoms in total. The fourth-order valence-electron chi connectivity index (χ4n) is 2.00. The van der Waals surface area contributed by atoms with E-state index in [1.807, 2.05) is 43.4 Å². The number of benzene rings is 2. The van der Waals surface area contributed by atoms with Crippen LogP contribution >= 0.6 is 31.9 Å². The summed E-state index contributed by atoms with van der Waals surface area (Å²) >= 11 is 7.09. The number of nitrogens with zero attached hydrogens (tertiary/aromatic N) is 2. The molecule has 0 aromatic heterocycles. The van der Waals surface area contributed by atoms with Gasteiger partial charge in [0.2, 0.25) is 0 Å². The average molecular weight is 413 g/mol. The summed E-state index contributed by atoms with van der Waals surface area (Å²) in [7, 11) is 2.02. The molecule has 0 saturated heterocycles. The molecule has 2 rings (SSSR count). The standard InChI is InChI=1S/C15H15Br2N3O/c1-20(9-11-4-2-3-5-12(11)16)14-7-6-10(8-13(14)17)15(18)19-21/h2-8,21H,9H2,1H3,(H2,18,19). The maximum Gasteiger partial charge on any atom is 0.170 e. The van der Waals surface area contributed by atoms with E-state index < -0.39 is 0 Å². The van der Waals surface area contributed by atoms with Crippen LogP contribution in [0.15, 0.2) is 56.6 Å². The van der Waals surface area contributed by atoms with Gasteiger partial charge in [0.05, 0.1) is 5.69 Å². The van der Waals surface area contributed by atoms with Gasteiger partial charge >= 0.3 is 0 Å². The van der Waals surface area contributed by atoms with E-state index in [9.17, 15) is 0 Å². The molecule has 110 valence electrons. The minimum absolute atomic E-state index is 0.0932. The number of oxime groups is 1. The summed E-state index contributed by atoms with van der Waals surface area (Å²) in [6.07, 6.45) is 0. The van der Waals surface area contributed by atoms with E-state index >= 15 is 0 Å². The molecule has 0 spiro atoms. The van der Waals surface area contributed by atoms with Gasteiger partial charge in [-0.1, -0.05) is 39.3 Å². The molecule has 2 aromatic carbocycles. The van der Waals surface area contributed by atoms with Crippen molar-refractivity contribution >= 4 is 43.4 Å². The largest absolute Gasteiger partial charge is 0.409 e. The van der Waals surface area contributed by atoms with E-state index in [1.54, 1.807) is 0 Å². The van der Waals surface area contributed by atoms with Gasteiger partial charge in [-0.3, -0.25) is 0 Å². The predicted molar refractivity (Wildman–Crippen MR) is 92.9 cm³/mol. The molecular weight excluding hydrogens is 398 g/mol. The summed E-state index contributed by atoms with van der Waals surface area (Å²) < 4.78 is 1.97. The number of hydrogen-bond acceptors (Lipinski definition) is 3. The quantitative estimate of drug-likeness (QED) is 0.346. The highest BCUT2D eigenvalue weighted by atomic mass is 79.9. The molecule has 0 heterocycles. The zero-order chi connectivity index (χ0) is 15.4. The van der Waals surface area contributed by atoms with Gasteiger partial charge in [0.25, 0.3) is 0 Å². The molecule has 2 aromatic rings. The highest BCUT2D eigenvalue weighted by Gasteiger charge is 2.10. The number of nitrogens with two attached hydrogens (primary N) is 1. The lowest BCUT2D eigenvalue weighted by Crippen LogP contribution is -2.18. The second kappa shape index (κ2) is 6.95. The first kappa shape index (κ1) is 15.9. The smallest absolute Gasteiger partial charge is 0.170 e. The number of rotatable bonds is 4. The molecular formula is C15H15Br2N3O. The second-order valence-corrected chi connectivity index (χ2v) is 6.31. The highest BCUT2D eigenvalue weighted by Crippen LogP contribution is 2.28. The Balaban J connectivity index is 2.24. The van der Waals surface area contributed by atoms with E-state index in [0.29, 0.717) is 5.56 Å². The van der Waals surface area contributed by atoms with Crippen molar-refractivity contribution in [2.24, 2.45) is 10.9 Å². The van der Waals surface area contributed by atoms with E-state index in [1.165, 1.54) is 5.56 Å². The molecule has 0 atom stereocenters. The summed E-state index contributed by atoms with van der Waals surface area (Å²) in [5, 5.41) is 11.7. The first-order chi connectivity index (χ1) is 10.0. The van der Waals surface area contributed by atoms with Crippen LogP contribution in [0.1, 0.15) is 11.1 Å². The molecule has 0 aliphatic heterocycles. The van der Waals surface area contributed by atoms with Crippen molar-refractivity contribution in [3.8, 4) is 0 Å². The van der Waals surface area contributed by atoms with Crippen molar-refractivity contribution in [1.29, 1.82) is 0 Å². The lowest BCUT2D eigenvalue weighted by atomic mass is 10.1. The van der Waals surface area contributed by atoms with Gasteiger partial charge in [-0.05, 0) is 45.8 Å². The summed E-state index contributed by atoms with van der Waals surface area (Å²) in [5.74, 6) is 0.0932. The van der Waals surface area contributed by atoms with Crippen LogP contribution in [0.4, 0.5) is 5.69 Å². The van der Waals surface area contributed by atoms with Gasteiger partial charge in [-0.25, -0.2) is 0 Å². The Morgan fingerprint density at radius 2 is 1.90 bits per heavy atom. The van der Waals surface area contributed by atoms with Crippen molar-refractivity contribution in [2.75, 3.05) is 11.9 Å². The number of amidine groups is 1. The number of anilines is 1. The Labute approximate surface area is 140 Å². The molecule has 3 N–H and O–H groups in total. The van der Waals surface area contributed by atoms with Crippen LogP contribution in [-0.4, -0.2) is 18.1 Å². The highest BCUT2D eigenvalue weighted by molar-refractivity contribution is 9.11. The third-order valence-electron chi connectivity index (χ3n) is 3.13. The van der Waals surface area contributed by atoms with Gasteiger partial charge in [0.15, 0.2) is 5.84 Å². The van der Waals surface area contributed by atoms with Crippen molar-refractivity contribution in [3.05, 3.63) is 62.5 Å². The Bertz CT molecular complexity index is 674. The van der Waals surface area contributed by atoms with Gasteiger partial charge in [0.1, 0.15) is 0 Å². The van der Waals surface area contributed by atoms with Crippen LogP contribution in [0.2, 0.25) is 0 Å². The fraction of sp³-hybridized carbons (Fsp3) is 0.133. The average Bonchev–Trinajstić information content (AvgIpc) is 2.48. The summed E-state index contributed by atoms with van der Waals surface area (Å²) in [5.41, 5.74) is 8.49. The monoisotopic (exact) mass is 411 g/mol. The van der Waals surface area contributed by atoms with Crippen molar-refractivity contribution in [2.45, 2.75) is 6.54 Å². The van der Waals surface area contributed by atoms with Crippen LogP contribution in [0.5, 0.6) is 0 Å². The zero-order valence-electron chi connectivity index (χ0n) is 11.4. The molecule has 0 unspecified atom stereocenters. The van der Waals surface area contributed by atoms with Crippen molar-refractivity contribution < 1.29 is 5.21 Å². The van der Waals surface area contributed by atoms with E-state index in [-0.39, 0.29) is 5.84 Å². The minimum Gasteiger partial charge on any atom is -0.409 e. The summed E-state index contributed by atoms with van der Waals surface area (Å²) in [6, 6.07) is 13.7. The molecule has 0 fully saturated rings. The molecule has 0 bridgehead atoms. The number of halogens is 2. The van der Waals surface area contributed by atoms with Gasteiger partial charge in [0, 0.05) is 28.1 Å². The lowest BCUT2D eigenvalue weighted by molar-refractivity contribution is 0.318. The zero-order valence-corrected chi connectivity index (χ0v) is 14.6. The lowest BCUT2D eigenvalue weighted by Gasteiger charge is -2.22. The third-order valence-corrected chi connectivity index (χ3v) is 4.54. The third kappa shape index (κ3) is 3.77. The number of hydrogen-bond donors (Lipinski definition) is 2. The maximum atomic E-state index is 8.71. The summed E-state index contributed by atoms with van der Waals surface area (Å²) in [6.45, 7) is 0.767. The van der Waals surface area contributed by atoms with E-state index in [4.69, 9.17) is 10.9 Å². The van der Waals surface area contributed by atoms with Crippen LogP contribution < -0.4 is 10.6 Å². The topological polar surface area (TPSA) is 61.8 Å². The SMILES string of the molecule is CN(Cc1ccccc1Br)c1ccc(/C(N)=N/O)cc1Br. The molecule has 21 heavy (non-hydrogen) atoms. The Morgan fingerprint density at radius 1 is 1.19 bits per heavy atom. The Morgan fingerprint density at radius 3 is 2.52 bits per heavy atom. The first-order valence-electron chi connectivity index (χ1n) is 6.25. The summed E-state index contributed by atoms with van der Waals surface area (Å²) in [4.78, 5) is 2.13. The molecule has 0 amide bonds. The van der Waals surface area contributed by atoms with E-state index in [0.717, 1.165) is 21.2 Å². The Hall–Kier alpha value is -1.53. The van der Waals surface area contributed by atoms with Crippen LogP contribution in [0.3, 0.4) is 0 Å². The molecule has 0 aliphatic rings. The fourth-order valence-corrected chi connectivity index (χ4v) is 3.09. The first-order valence-corrected chi connectivity index (χ1v) is 7.83. The molecule has 6 heteroatoms. The van der Waals surface area contributed by atoms with E-state index in [2.05, 4.69) is 48.0 Å². The maximum absolute atomic E-state index is 8.71. The van der Waals surface area contributed by atoms with Gasteiger partial charge in [-0.15, -0.1) is 0 Å². The second-order valence-electron chi connectivity index (χ2n) is 4.60. The molecule has 0 aliphatic carbocycles.